The first-order valence-corrected chi connectivity index (χ1v) is 10.3. The summed E-state index contributed by atoms with van der Waals surface area (Å²) in [5.41, 5.74) is 0. The van der Waals surface area contributed by atoms with Crippen LogP contribution in [0.1, 0.15) is 96.8 Å². The average molecular weight is 335 g/mol. The molecular formula is C21H38N2O. The van der Waals surface area contributed by atoms with Gasteiger partial charge in [0.2, 0.25) is 0 Å². The molecule has 1 heterocycles. The van der Waals surface area contributed by atoms with Crippen LogP contribution in [-0.4, -0.2) is 24.7 Å². The van der Waals surface area contributed by atoms with E-state index in [0.29, 0.717) is 12.3 Å². The fourth-order valence-electron chi connectivity index (χ4n) is 3.06. The van der Waals surface area contributed by atoms with Gasteiger partial charge in [0.05, 0.1) is 6.54 Å². The Morgan fingerprint density at radius 1 is 0.917 bits per heavy atom. The second-order valence-corrected chi connectivity index (χ2v) is 6.91. The van der Waals surface area contributed by atoms with Crippen molar-refractivity contribution < 1.29 is 4.79 Å². The third-order valence-electron chi connectivity index (χ3n) is 4.60. The number of Topliss-reactive ketones (excluding diaryl/α,β-unsaturated/α-hetero) is 1. The molecule has 0 atom stereocenters. The Morgan fingerprint density at radius 2 is 1.50 bits per heavy atom. The summed E-state index contributed by atoms with van der Waals surface area (Å²) in [7, 11) is 0. The van der Waals surface area contributed by atoms with Gasteiger partial charge in [-0.3, -0.25) is 9.79 Å². The number of carbonyl (C=O) groups is 1. The van der Waals surface area contributed by atoms with Crippen LogP contribution in [0.15, 0.2) is 17.1 Å². The molecule has 0 unspecified atom stereocenters. The quantitative estimate of drug-likeness (QED) is 0.295. The molecule has 1 N–H and O–H groups in total. The molecule has 0 aromatic rings. The first-order valence-electron chi connectivity index (χ1n) is 10.3. The fraction of sp³-hybridized carbons (Fsp3) is 0.810. The average Bonchev–Trinajstić information content (AvgIpc) is 3.13. The molecule has 1 rings (SSSR count). The number of aliphatic imine (C=N–C) groups is 1. The fourth-order valence-corrected chi connectivity index (χ4v) is 3.06. The summed E-state index contributed by atoms with van der Waals surface area (Å²) in [5, 5.41) is 3.05. The van der Waals surface area contributed by atoms with Crippen LogP contribution in [0.2, 0.25) is 0 Å². The number of nitrogens with one attached hydrogen (secondary N) is 1. The smallest absolute Gasteiger partial charge is 0.197 e. The molecule has 0 radical (unpaired) electrons. The summed E-state index contributed by atoms with van der Waals surface area (Å²) in [5.74, 6) is 0.815. The number of rotatable bonds is 16. The molecule has 0 spiro atoms. The van der Waals surface area contributed by atoms with Gasteiger partial charge in [-0.15, -0.1) is 0 Å². The van der Waals surface area contributed by atoms with Gasteiger partial charge in [-0.2, -0.15) is 0 Å². The molecule has 24 heavy (non-hydrogen) atoms. The molecule has 138 valence electrons. The lowest BCUT2D eigenvalue weighted by Crippen LogP contribution is -2.26. The van der Waals surface area contributed by atoms with Crippen molar-refractivity contribution >= 4 is 11.6 Å². The summed E-state index contributed by atoms with van der Waals surface area (Å²) >= 11 is 0. The minimum absolute atomic E-state index is 0.199. The Kier molecular flexibility index (Phi) is 13.4. The summed E-state index contributed by atoms with van der Waals surface area (Å²) in [6.45, 7) is 3.85. The Labute approximate surface area is 149 Å². The number of hydrogen-bond donors (Lipinski definition) is 1. The number of carbonyl (C=O) groups excluding carboxylic acids is 1. The lowest BCUT2D eigenvalue weighted by atomic mass is 10.1. The first kappa shape index (κ1) is 20.9. The highest BCUT2D eigenvalue weighted by Crippen LogP contribution is 2.10. The summed E-state index contributed by atoms with van der Waals surface area (Å²) in [6, 6.07) is 0. The minimum Gasteiger partial charge on any atom is -0.366 e. The van der Waals surface area contributed by atoms with Crippen molar-refractivity contribution in [3.63, 3.8) is 0 Å². The Hall–Kier alpha value is -1.12. The molecular weight excluding hydrogens is 296 g/mol. The number of ketones is 1. The van der Waals surface area contributed by atoms with Crippen molar-refractivity contribution in [1.82, 2.24) is 5.32 Å². The molecule has 0 aromatic heterocycles. The number of nitrogens with zero attached hydrogens (tertiary/aromatic N) is 1. The zero-order valence-electron chi connectivity index (χ0n) is 15.8. The Balaban J connectivity index is 1.78. The number of unbranched alkanes of at least 4 members (excludes halogenated alkanes) is 11. The van der Waals surface area contributed by atoms with Crippen molar-refractivity contribution in [2.24, 2.45) is 4.99 Å². The molecule has 1 aliphatic rings. The van der Waals surface area contributed by atoms with Crippen molar-refractivity contribution in [2.75, 3.05) is 13.1 Å². The largest absolute Gasteiger partial charge is 0.366 e. The molecule has 3 nitrogen and oxygen atoms in total. The van der Waals surface area contributed by atoms with E-state index in [0.717, 1.165) is 19.5 Å². The van der Waals surface area contributed by atoms with Gasteiger partial charge in [0.25, 0.3) is 0 Å². The lowest BCUT2D eigenvalue weighted by Gasteiger charge is -2.02. The van der Waals surface area contributed by atoms with Crippen LogP contribution in [-0.2, 0) is 4.79 Å². The highest BCUT2D eigenvalue weighted by atomic mass is 16.1. The van der Waals surface area contributed by atoms with Gasteiger partial charge >= 0.3 is 0 Å². The molecule has 0 saturated heterocycles. The van der Waals surface area contributed by atoms with E-state index in [1.54, 1.807) is 0 Å². The van der Waals surface area contributed by atoms with Crippen molar-refractivity contribution in [2.45, 2.75) is 96.8 Å². The molecule has 3 heteroatoms. The predicted octanol–water partition coefficient (Wildman–Crippen LogP) is 5.59. The van der Waals surface area contributed by atoms with E-state index in [4.69, 9.17) is 0 Å². The minimum atomic E-state index is 0.199. The SMILES string of the molecule is CCCCCCCCC=CCCCCCCCC(=O)C1=NCCN1. The van der Waals surface area contributed by atoms with Gasteiger partial charge in [-0.25, -0.2) is 0 Å². The molecule has 0 aromatic carbocycles. The van der Waals surface area contributed by atoms with E-state index in [2.05, 4.69) is 29.4 Å². The maximum Gasteiger partial charge on any atom is 0.197 e. The van der Waals surface area contributed by atoms with E-state index >= 15 is 0 Å². The third kappa shape index (κ3) is 11.4. The number of amidine groups is 1. The predicted molar refractivity (Wildman–Crippen MR) is 105 cm³/mol. The van der Waals surface area contributed by atoms with E-state index in [9.17, 15) is 4.79 Å². The zero-order valence-corrected chi connectivity index (χ0v) is 15.8. The highest BCUT2D eigenvalue weighted by Gasteiger charge is 2.13. The summed E-state index contributed by atoms with van der Waals surface area (Å²) in [4.78, 5) is 15.9. The Bertz CT molecular complexity index is 374. The van der Waals surface area contributed by atoms with Gasteiger partial charge < -0.3 is 5.32 Å². The van der Waals surface area contributed by atoms with E-state index in [-0.39, 0.29) is 5.78 Å². The molecule has 0 bridgehead atoms. The second-order valence-electron chi connectivity index (χ2n) is 6.91. The van der Waals surface area contributed by atoms with E-state index in [1.165, 1.54) is 77.0 Å². The third-order valence-corrected chi connectivity index (χ3v) is 4.60. The standard InChI is InChI=1S/C21H38N2O/c1-2-3-4-5-6-7-8-9-10-11-12-13-14-15-16-17-20(24)21-22-18-19-23-21/h9-10H,2-8,11-19H2,1H3,(H,22,23). The molecule has 1 aliphatic heterocycles. The molecule has 0 saturated carbocycles. The lowest BCUT2D eigenvalue weighted by molar-refractivity contribution is -0.113. The van der Waals surface area contributed by atoms with Crippen LogP contribution < -0.4 is 5.32 Å². The second kappa shape index (κ2) is 15.4. The van der Waals surface area contributed by atoms with Gasteiger partial charge in [-0.05, 0) is 32.1 Å². The van der Waals surface area contributed by atoms with E-state index < -0.39 is 0 Å². The van der Waals surface area contributed by atoms with Crippen molar-refractivity contribution in [3.8, 4) is 0 Å². The highest BCUT2D eigenvalue weighted by molar-refractivity contribution is 6.39. The van der Waals surface area contributed by atoms with Crippen LogP contribution in [0.3, 0.4) is 0 Å². The topological polar surface area (TPSA) is 41.5 Å². The van der Waals surface area contributed by atoms with Gasteiger partial charge in [0.15, 0.2) is 11.6 Å². The van der Waals surface area contributed by atoms with Crippen LogP contribution in [0.4, 0.5) is 0 Å². The van der Waals surface area contributed by atoms with E-state index in [1.807, 2.05) is 0 Å². The Morgan fingerprint density at radius 3 is 2.08 bits per heavy atom. The van der Waals surface area contributed by atoms with Crippen LogP contribution in [0, 0.1) is 0 Å². The number of hydrogen-bond acceptors (Lipinski definition) is 3. The van der Waals surface area contributed by atoms with Crippen LogP contribution in [0.25, 0.3) is 0 Å². The molecule has 0 fully saturated rings. The maximum atomic E-state index is 11.8. The number of allylic oxidation sites excluding steroid dienone is 2. The van der Waals surface area contributed by atoms with Gasteiger partial charge in [0, 0.05) is 13.0 Å². The van der Waals surface area contributed by atoms with Crippen LogP contribution >= 0.6 is 0 Å². The van der Waals surface area contributed by atoms with Crippen molar-refractivity contribution in [1.29, 1.82) is 0 Å². The summed E-state index contributed by atoms with van der Waals surface area (Å²) in [6.07, 6.45) is 22.2. The van der Waals surface area contributed by atoms with Crippen LogP contribution in [0.5, 0.6) is 0 Å². The molecule has 0 amide bonds. The van der Waals surface area contributed by atoms with Gasteiger partial charge in [-0.1, -0.05) is 70.4 Å². The zero-order chi connectivity index (χ0) is 17.3. The summed E-state index contributed by atoms with van der Waals surface area (Å²) < 4.78 is 0. The maximum absolute atomic E-state index is 11.8. The van der Waals surface area contributed by atoms with Crippen molar-refractivity contribution in [3.05, 3.63) is 12.2 Å². The van der Waals surface area contributed by atoms with Gasteiger partial charge in [0.1, 0.15) is 0 Å². The monoisotopic (exact) mass is 334 g/mol. The first-order chi connectivity index (χ1) is 11.8. The molecule has 0 aliphatic carbocycles. The normalized spacial score (nSPS) is 14.1.